The van der Waals surface area contributed by atoms with E-state index in [1.807, 2.05) is 48.5 Å². The monoisotopic (exact) mass is 368 g/mol. The molecular weight excluding hydrogens is 348 g/mol. The van der Waals surface area contributed by atoms with Crippen molar-refractivity contribution in [2.75, 3.05) is 14.2 Å². The van der Waals surface area contributed by atoms with Gasteiger partial charge < -0.3 is 9.47 Å². The maximum Gasteiger partial charge on any atom is 0.351 e. The molecule has 1 aliphatic heterocycles. The Morgan fingerprint density at radius 3 is 1.77 bits per heavy atom. The van der Waals surface area contributed by atoms with Gasteiger partial charge in [0.1, 0.15) is 0 Å². The molecule has 0 saturated heterocycles. The van der Waals surface area contributed by atoms with E-state index < -0.39 is 22.4 Å². The van der Waals surface area contributed by atoms with Crippen LogP contribution in [0.15, 0.2) is 64.4 Å². The highest BCUT2D eigenvalue weighted by molar-refractivity contribution is 8.18. The van der Waals surface area contributed by atoms with E-state index in [0.29, 0.717) is 0 Å². The second-order valence-corrected chi connectivity index (χ2v) is 7.54. The number of methoxy groups -OCH3 is 2. The molecule has 134 valence electrons. The minimum atomic E-state index is -0.890. The molecule has 0 amide bonds. The standard InChI is InChI=1S/C21H20O4S/c1-4-9-14-15-10-5-7-12-17(15)26(18-13-8-6-11-16(14)18)19(20(22)24-2)21(23)25-3/h5-13H,4H2,1-3H3. The molecule has 0 radical (unpaired) electrons. The summed E-state index contributed by atoms with van der Waals surface area (Å²) >= 11 is 0. The smallest absolute Gasteiger partial charge is 0.351 e. The summed E-state index contributed by atoms with van der Waals surface area (Å²) in [6.45, 7) is 2.09. The Morgan fingerprint density at radius 1 is 0.885 bits per heavy atom. The first-order chi connectivity index (χ1) is 12.6. The van der Waals surface area contributed by atoms with Gasteiger partial charge in [0, 0.05) is 9.79 Å². The highest BCUT2D eigenvalue weighted by atomic mass is 32.2. The van der Waals surface area contributed by atoms with Crippen LogP contribution in [0.2, 0.25) is 0 Å². The molecule has 0 aromatic heterocycles. The first-order valence-corrected chi connectivity index (χ1v) is 9.53. The number of fused-ring (bicyclic) bond motifs is 2. The van der Waals surface area contributed by atoms with Crippen molar-refractivity contribution in [3.05, 3.63) is 65.7 Å². The Kier molecular flexibility index (Phi) is 5.38. The van der Waals surface area contributed by atoms with Crippen LogP contribution in [-0.2, 0) is 19.1 Å². The Bertz CT molecular complexity index is 871. The van der Waals surface area contributed by atoms with Crippen molar-refractivity contribution in [2.45, 2.75) is 23.1 Å². The number of esters is 2. The third-order valence-corrected chi connectivity index (χ3v) is 6.48. The molecule has 0 aliphatic carbocycles. The van der Waals surface area contributed by atoms with Crippen molar-refractivity contribution in [3.63, 3.8) is 0 Å². The lowest BCUT2D eigenvalue weighted by Gasteiger charge is -2.27. The van der Waals surface area contributed by atoms with Gasteiger partial charge in [-0.2, -0.15) is 0 Å². The van der Waals surface area contributed by atoms with E-state index in [0.717, 1.165) is 32.9 Å². The van der Waals surface area contributed by atoms with E-state index in [-0.39, 0.29) is 4.86 Å². The Hall–Kier alpha value is -2.66. The van der Waals surface area contributed by atoms with Gasteiger partial charge in [-0.3, -0.25) is 0 Å². The summed E-state index contributed by atoms with van der Waals surface area (Å²) in [6.07, 6.45) is 3.06. The van der Waals surface area contributed by atoms with Gasteiger partial charge in [0.15, 0.2) is 4.86 Å². The van der Waals surface area contributed by atoms with Crippen molar-refractivity contribution >= 4 is 32.9 Å². The highest BCUT2D eigenvalue weighted by Gasteiger charge is 2.32. The van der Waals surface area contributed by atoms with Gasteiger partial charge in [-0.25, -0.2) is 9.59 Å². The van der Waals surface area contributed by atoms with Gasteiger partial charge >= 0.3 is 11.9 Å². The van der Waals surface area contributed by atoms with Gasteiger partial charge in [0.2, 0.25) is 0 Å². The summed E-state index contributed by atoms with van der Waals surface area (Å²) < 4.78 is 9.82. The fraction of sp³-hybridized carbons (Fsp3) is 0.190. The molecule has 26 heavy (non-hydrogen) atoms. The summed E-state index contributed by atoms with van der Waals surface area (Å²) in [7, 11) is 1.66. The lowest BCUT2D eigenvalue weighted by atomic mass is 9.96. The van der Waals surface area contributed by atoms with Crippen LogP contribution in [0.1, 0.15) is 24.5 Å². The van der Waals surface area contributed by atoms with E-state index >= 15 is 0 Å². The molecule has 1 aliphatic rings. The van der Waals surface area contributed by atoms with Crippen molar-refractivity contribution < 1.29 is 19.1 Å². The van der Waals surface area contributed by atoms with Crippen LogP contribution < -0.4 is 0 Å². The average Bonchev–Trinajstić information content (AvgIpc) is 2.69. The van der Waals surface area contributed by atoms with E-state index in [1.165, 1.54) is 14.2 Å². The van der Waals surface area contributed by atoms with Gasteiger partial charge in [0.05, 0.1) is 14.2 Å². The maximum atomic E-state index is 12.5. The molecule has 0 bridgehead atoms. The number of hydrogen-bond donors (Lipinski definition) is 0. The number of ether oxygens (including phenoxy) is 2. The summed E-state index contributed by atoms with van der Waals surface area (Å²) in [5.74, 6) is -1.32. The lowest BCUT2D eigenvalue weighted by Crippen LogP contribution is -2.27. The first-order valence-electron chi connectivity index (χ1n) is 8.30. The van der Waals surface area contributed by atoms with Gasteiger partial charge in [-0.05, 0) is 35.3 Å². The third-order valence-electron chi connectivity index (χ3n) is 4.15. The Labute approximate surface area is 155 Å². The van der Waals surface area contributed by atoms with Gasteiger partial charge in [0.25, 0.3) is 0 Å². The van der Waals surface area contributed by atoms with Crippen molar-refractivity contribution in [3.8, 4) is 0 Å². The number of hydrogen-bond acceptors (Lipinski definition) is 4. The predicted octanol–water partition coefficient (Wildman–Crippen LogP) is 4.05. The zero-order valence-corrected chi connectivity index (χ0v) is 15.8. The van der Waals surface area contributed by atoms with Gasteiger partial charge in [-0.1, -0.05) is 49.4 Å². The van der Waals surface area contributed by atoms with Crippen LogP contribution in [0.3, 0.4) is 0 Å². The first kappa shape index (κ1) is 18.1. The normalized spacial score (nSPS) is 14.7. The zero-order valence-electron chi connectivity index (χ0n) is 14.9. The minimum absolute atomic E-state index is 0.0189. The lowest BCUT2D eigenvalue weighted by molar-refractivity contribution is -0.137. The minimum Gasteiger partial charge on any atom is -0.465 e. The maximum absolute atomic E-state index is 12.5. The largest absolute Gasteiger partial charge is 0.465 e. The molecule has 4 nitrogen and oxygen atoms in total. The van der Waals surface area contributed by atoms with Crippen LogP contribution >= 0.6 is 10.5 Å². The number of rotatable bonds is 3. The number of carbonyl (C=O) groups excluding carboxylic acids is 2. The number of allylic oxidation sites excluding steroid dienone is 1. The quantitative estimate of drug-likeness (QED) is 0.398. The highest BCUT2D eigenvalue weighted by Crippen LogP contribution is 2.50. The van der Waals surface area contributed by atoms with Crippen LogP contribution in [0.25, 0.3) is 5.57 Å². The summed E-state index contributed by atoms with van der Waals surface area (Å²) in [5.41, 5.74) is 3.18. The van der Waals surface area contributed by atoms with Crippen LogP contribution in [-0.4, -0.2) is 31.0 Å². The SMILES string of the molecule is CCC=C1c2ccccc2S(=C(C(=O)OC)C(=O)OC)c2ccccc21. The molecule has 5 heteroatoms. The third kappa shape index (κ3) is 2.99. The molecule has 0 saturated carbocycles. The van der Waals surface area contributed by atoms with Crippen LogP contribution in [0.4, 0.5) is 0 Å². The molecule has 0 spiro atoms. The topological polar surface area (TPSA) is 52.6 Å². The van der Waals surface area contributed by atoms with E-state index in [2.05, 4.69) is 13.0 Å². The molecule has 0 unspecified atom stereocenters. The second-order valence-electron chi connectivity index (χ2n) is 5.64. The summed E-state index contributed by atoms with van der Waals surface area (Å²) in [6, 6.07) is 15.7. The predicted molar refractivity (Wildman–Crippen MR) is 103 cm³/mol. The van der Waals surface area contributed by atoms with E-state index in [9.17, 15) is 9.59 Å². The van der Waals surface area contributed by atoms with Crippen LogP contribution in [0.5, 0.6) is 0 Å². The molecule has 2 aromatic rings. The summed E-state index contributed by atoms with van der Waals surface area (Å²) in [5, 5.41) is 0. The number of carbonyl (C=O) groups is 2. The molecular formula is C21H20O4S. The summed E-state index contributed by atoms with van der Waals surface area (Å²) in [4.78, 5) is 26.8. The van der Waals surface area contributed by atoms with E-state index in [4.69, 9.17) is 9.47 Å². The molecule has 0 N–H and O–H groups in total. The molecule has 1 heterocycles. The van der Waals surface area contributed by atoms with E-state index in [1.54, 1.807) is 0 Å². The van der Waals surface area contributed by atoms with Crippen molar-refractivity contribution in [1.82, 2.24) is 0 Å². The van der Waals surface area contributed by atoms with Crippen LogP contribution in [0, 0.1) is 0 Å². The molecule has 2 aromatic carbocycles. The van der Waals surface area contributed by atoms with Gasteiger partial charge in [-0.15, -0.1) is 10.5 Å². The fourth-order valence-electron chi connectivity index (χ4n) is 3.08. The second kappa shape index (κ2) is 7.70. The Balaban J connectivity index is 2.46. The Morgan fingerprint density at radius 2 is 1.35 bits per heavy atom. The zero-order chi connectivity index (χ0) is 18.7. The average molecular weight is 368 g/mol. The van der Waals surface area contributed by atoms with Crippen molar-refractivity contribution in [2.24, 2.45) is 0 Å². The fourth-order valence-corrected chi connectivity index (χ4v) is 5.48. The molecule has 0 atom stereocenters. The molecule has 0 fully saturated rings. The number of benzene rings is 2. The molecule has 3 rings (SSSR count). The van der Waals surface area contributed by atoms with Crippen molar-refractivity contribution in [1.29, 1.82) is 0 Å².